The number of amides is 2. The lowest BCUT2D eigenvalue weighted by atomic mass is 9.85. The van der Waals surface area contributed by atoms with E-state index in [4.69, 9.17) is 10.8 Å². The number of amidine groups is 1. The van der Waals surface area contributed by atoms with Crippen LogP contribution in [0.1, 0.15) is 64.9 Å². The van der Waals surface area contributed by atoms with Gasteiger partial charge in [-0.3, -0.25) is 15.7 Å². The topological polar surface area (TPSA) is 105 Å². The summed E-state index contributed by atoms with van der Waals surface area (Å²) in [6, 6.07) is 5.93. The number of nitrogens with zero attached hydrogens (tertiary/aromatic N) is 6. The third kappa shape index (κ3) is 4.36. The molecule has 1 aliphatic heterocycles. The molecule has 2 aromatic rings. The van der Waals surface area contributed by atoms with Gasteiger partial charge in [0.25, 0.3) is 0 Å². The molecule has 0 aromatic carbocycles. The second-order valence-electron chi connectivity index (χ2n) is 10.2. The molecule has 0 atom stereocenters. The van der Waals surface area contributed by atoms with Crippen LogP contribution in [0.3, 0.4) is 0 Å². The molecule has 2 amide bonds. The molecule has 4 rings (SSSR count). The van der Waals surface area contributed by atoms with E-state index in [1.165, 1.54) is 0 Å². The molecule has 1 saturated carbocycles. The summed E-state index contributed by atoms with van der Waals surface area (Å²) in [5.41, 5.74) is 1.57. The largest absolute Gasteiger partial charge is 0.334 e. The zero-order valence-electron chi connectivity index (χ0n) is 20.1. The van der Waals surface area contributed by atoms with E-state index in [0.717, 1.165) is 24.9 Å². The smallest absolute Gasteiger partial charge is 0.326 e. The molecule has 33 heavy (non-hydrogen) atoms. The maximum Gasteiger partial charge on any atom is 0.326 e. The van der Waals surface area contributed by atoms with Gasteiger partial charge in [-0.25, -0.2) is 14.8 Å². The predicted octanol–water partition coefficient (Wildman–Crippen LogP) is 3.86. The highest BCUT2D eigenvalue weighted by atomic mass is 16.2. The fourth-order valence-corrected chi connectivity index (χ4v) is 4.40. The molecule has 0 unspecified atom stereocenters. The van der Waals surface area contributed by atoms with Crippen LogP contribution in [0.5, 0.6) is 0 Å². The fraction of sp³-hybridized carbons (Fsp3) is 0.542. The Hall–Kier alpha value is -3.23. The van der Waals surface area contributed by atoms with Gasteiger partial charge in [-0.2, -0.15) is 0 Å². The van der Waals surface area contributed by atoms with Gasteiger partial charge < -0.3 is 14.4 Å². The summed E-state index contributed by atoms with van der Waals surface area (Å²) >= 11 is 0. The van der Waals surface area contributed by atoms with Gasteiger partial charge in [0.1, 0.15) is 11.5 Å². The second kappa shape index (κ2) is 8.61. The highest BCUT2D eigenvalue weighted by Gasteiger charge is 2.42. The highest BCUT2D eigenvalue weighted by Crippen LogP contribution is 2.38. The molecule has 0 radical (unpaired) electrons. The molecule has 9 heteroatoms. The van der Waals surface area contributed by atoms with Crippen molar-refractivity contribution in [3.8, 4) is 0 Å². The van der Waals surface area contributed by atoms with Crippen molar-refractivity contribution in [3.05, 3.63) is 42.1 Å². The number of carbonyl (C=O) groups is 1. The number of pyridine rings is 1. The molecule has 1 aliphatic carbocycles. The van der Waals surface area contributed by atoms with Crippen LogP contribution in [0, 0.1) is 10.8 Å². The Balaban J connectivity index is 1.41. The number of anilines is 1. The molecule has 0 spiro atoms. The van der Waals surface area contributed by atoms with Crippen molar-refractivity contribution in [3.63, 3.8) is 0 Å². The van der Waals surface area contributed by atoms with E-state index in [9.17, 15) is 4.79 Å². The van der Waals surface area contributed by atoms with Crippen molar-refractivity contribution in [2.75, 3.05) is 18.0 Å². The van der Waals surface area contributed by atoms with E-state index in [1.54, 1.807) is 15.9 Å². The van der Waals surface area contributed by atoms with Gasteiger partial charge in [0.2, 0.25) is 0 Å². The van der Waals surface area contributed by atoms with E-state index >= 15 is 0 Å². The normalized spacial score (nSPS) is 20.8. The average Bonchev–Trinajstić information content (AvgIpc) is 3.35. The Labute approximate surface area is 195 Å². The van der Waals surface area contributed by atoms with Crippen LogP contribution in [0.2, 0.25) is 0 Å². The third-order valence-corrected chi connectivity index (χ3v) is 6.57. The van der Waals surface area contributed by atoms with E-state index in [0.29, 0.717) is 30.6 Å². The Morgan fingerprint density at radius 1 is 1.21 bits per heavy atom. The number of rotatable bonds is 6. The molecule has 2 aromatic heterocycles. The molecule has 176 valence electrons. The minimum atomic E-state index is -0.0246. The average molecular weight is 451 g/mol. The summed E-state index contributed by atoms with van der Waals surface area (Å²) < 4.78 is 2.19. The summed E-state index contributed by atoms with van der Waals surface area (Å²) in [7, 11) is 0. The number of hydrogen-bond donors (Lipinski definition) is 2. The summed E-state index contributed by atoms with van der Waals surface area (Å²) in [6.07, 6.45) is 7.05. The summed E-state index contributed by atoms with van der Waals surface area (Å²) in [6.45, 7) is 11.6. The van der Waals surface area contributed by atoms with Crippen LogP contribution in [0.25, 0.3) is 0 Å². The summed E-state index contributed by atoms with van der Waals surface area (Å²) in [4.78, 5) is 27.5. The van der Waals surface area contributed by atoms with Crippen molar-refractivity contribution in [1.82, 2.24) is 24.3 Å². The molecular formula is C24H34N8O. The third-order valence-electron chi connectivity index (χ3n) is 6.57. The number of urea groups is 1. The zero-order valence-corrected chi connectivity index (χ0v) is 20.1. The molecule has 0 bridgehead atoms. The van der Waals surface area contributed by atoms with E-state index < -0.39 is 0 Å². The second-order valence-corrected chi connectivity index (χ2v) is 10.2. The fourth-order valence-electron chi connectivity index (χ4n) is 4.40. The van der Waals surface area contributed by atoms with Crippen molar-refractivity contribution in [2.24, 2.45) is 0 Å². The van der Waals surface area contributed by atoms with Gasteiger partial charge >= 0.3 is 6.03 Å². The van der Waals surface area contributed by atoms with Gasteiger partial charge in [0.15, 0.2) is 5.84 Å². The molecular weight excluding hydrogens is 416 g/mol. The predicted molar refractivity (Wildman–Crippen MR) is 129 cm³/mol. The zero-order chi connectivity index (χ0) is 23.9. The van der Waals surface area contributed by atoms with Gasteiger partial charge in [-0.1, -0.05) is 26.8 Å². The minimum Gasteiger partial charge on any atom is -0.334 e. The lowest BCUT2D eigenvalue weighted by Crippen LogP contribution is -2.47. The molecule has 1 saturated heterocycles. The summed E-state index contributed by atoms with van der Waals surface area (Å²) in [5.74, 6) is 0.709. The Morgan fingerprint density at radius 3 is 2.55 bits per heavy atom. The number of aromatic nitrogens is 3. The van der Waals surface area contributed by atoms with Crippen LogP contribution < -0.4 is 4.90 Å². The monoisotopic (exact) mass is 450 g/mol. The SMILES string of the molecule is CC(C)N(C=N)C(=N)c1cccc(N2CCN(C3CC(n4cnc(C(C)(C)C)c4)C3)C2=O)n1. The molecule has 2 N–H and O–H groups in total. The van der Waals surface area contributed by atoms with Gasteiger partial charge in [0.05, 0.1) is 18.4 Å². The molecule has 2 fully saturated rings. The van der Waals surface area contributed by atoms with Gasteiger partial charge in [-0.05, 0) is 38.8 Å². The number of imidazole rings is 1. The van der Waals surface area contributed by atoms with E-state index in [2.05, 4.69) is 41.5 Å². The Kier molecular flexibility index (Phi) is 5.99. The molecule has 3 heterocycles. The van der Waals surface area contributed by atoms with Gasteiger partial charge in [0, 0.05) is 42.8 Å². The maximum atomic E-state index is 13.2. The van der Waals surface area contributed by atoms with Crippen LogP contribution in [-0.4, -0.2) is 67.7 Å². The first kappa shape index (κ1) is 22.9. The quantitative estimate of drug-likeness (QED) is 0.515. The Bertz CT molecular complexity index is 1050. The summed E-state index contributed by atoms with van der Waals surface area (Å²) in [5, 5.41) is 16.0. The first-order valence-electron chi connectivity index (χ1n) is 11.6. The molecule has 2 aliphatic rings. The van der Waals surface area contributed by atoms with E-state index in [1.807, 2.05) is 37.2 Å². The lowest BCUT2D eigenvalue weighted by Gasteiger charge is -2.41. The number of hydrogen-bond acceptors (Lipinski definition) is 5. The first-order chi connectivity index (χ1) is 15.6. The van der Waals surface area contributed by atoms with E-state index in [-0.39, 0.29) is 29.4 Å². The number of carbonyl (C=O) groups excluding carboxylic acids is 1. The lowest BCUT2D eigenvalue weighted by molar-refractivity contribution is 0.121. The molecule has 9 nitrogen and oxygen atoms in total. The van der Waals surface area contributed by atoms with Crippen LogP contribution in [-0.2, 0) is 5.41 Å². The number of nitrogens with one attached hydrogen (secondary N) is 2. The van der Waals surface area contributed by atoms with Crippen LogP contribution in [0.15, 0.2) is 30.7 Å². The highest BCUT2D eigenvalue weighted by molar-refractivity contribution is 6.01. The van der Waals surface area contributed by atoms with Crippen molar-refractivity contribution in [1.29, 1.82) is 10.8 Å². The maximum absolute atomic E-state index is 13.2. The van der Waals surface area contributed by atoms with Crippen molar-refractivity contribution < 1.29 is 4.79 Å². The Morgan fingerprint density at radius 2 is 1.94 bits per heavy atom. The van der Waals surface area contributed by atoms with Crippen molar-refractivity contribution in [2.45, 2.75) is 71.0 Å². The first-order valence-corrected chi connectivity index (χ1v) is 11.6. The minimum absolute atomic E-state index is 0.0223. The standard InChI is InChI=1S/C24H34N8O/c1-16(2)32(14-25)22(26)19-7-6-8-21(28-19)31-10-9-30(23(31)33)18-11-17(12-18)29-13-20(27-15-29)24(3,4)5/h6-8,13-18,25-26H,9-12H2,1-5H3. The van der Waals surface area contributed by atoms with Crippen molar-refractivity contribution >= 4 is 24.0 Å². The van der Waals surface area contributed by atoms with Crippen LogP contribution >= 0.6 is 0 Å². The van der Waals surface area contributed by atoms with Crippen LogP contribution in [0.4, 0.5) is 10.6 Å². The van der Waals surface area contributed by atoms with Gasteiger partial charge in [-0.15, -0.1) is 0 Å².